The Kier molecular flexibility index (Phi) is 3.98. The molecule has 4 nitrogen and oxygen atoms in total. The summed E-state index contributed by atoms with van der Waals surface area (Å²) in [6.45, 7) is 0.117. The Morgan fingerprint density at radius 3 is 2.85 bits per heavy atom. The van der Waals surface area contributed by atoms with E-state index in [1.165, 1.54) is 0 Å². The van der Waals surface area contributed by atoms with Crippen molar-refractivity contribution in [2.24, 2.45) is 0 Å². The minimum Gasteiger partial charge on any atom is -0.372 e. The van der Waals surface area contributed by atoms with E-state index in [0.717, 1.165) is 0 Å². The molecule has 1 heterocycles. The number of thiocarbonyl (C=S) groups is 1. The Bertz CT molecular complexity index is 289. The molecule has 0 aromatic carbocycles. The van der Waals surface area contributed by atoms with Gasteiger partial charge in [0.2, 0.25) is 6.29 Å². The molecule has 0 saturated heterocycles. The van der Waals surface area contributed by atoms with Crippen LogP contribution in [0, 0.1) is 0 Å². The lowest BCUT2D eigenvalue weighted by Crippen LogP contribution is -2.25. The van der Waals surface area contributed by atoms with Gasteiger partial charge in [0.25, 0.3) is 0 Å². The quantitative estimate of drug-likeness (QED) is 0.686. The fourth-order valence-corrected chi connectivity index (χ4v) is 0.963. The van der Waals surface area contributed by atoms with E-state index in [0.29, 0.717) is 17.2 Å². The standard InChI is InChI=1S/C8H8N3OS/c12-5-4-11-8(13)6-7-9-2-1-3-10-7/h1-3H,4,6H2,(H,11,13). The molecule has 1 aromatic rings. The lowest BCUT2D eigenvalue weighted by atomic mass is 10.4. The predicted octanol–water partition coefficient (Wildman–Crippen LogP) is 0.0458. The molecule has 0 aliphatic carbocycles. The average Bonchev–Trinajstić information content (AvgIpc) is 2.16. The fraction of sp³-hybridized carbons (Fsp3) is 0.250. The van der Waals surface area contributed by atoms with Crippen LogP contribution in [0.1, 0.15) is 5.82 Å². The number of aromatic nitrogens is 2. The van der Waals surface area contributed by atoms with Gasteiger partial charge in [-0.05, 0) is 6.07 Å². The second kappa shape index (κ2) is 5.31. The molecule has 67 valence electrons. The maximum Gasteiger partial charge on any atom is 0.219 e. The van der Waals surface area contributed by atoms with Crippen molar-refractivity contribution >= 4 is 23.5 Å². The van der Waals surface area contributed by atoms with E-state index in [2.05, 4.69) is 15.3 Å². The molecule has 5 heteroatoms. The highest BCUT2D eigenvalue weighted by Gasteiger charge is 1.99. The minimum atomic E-state index is 0.117. The van der Waals surface area contributed by atoms with Crippen molar-refractivity contribution in [3.8, 4) is 0 Å². The van der Waals surface area contributed by atoms with Crippen LogP contribution in [-0.4, -0.2) is 27.8 Å². The van der Waals surface area contributed by atoms with E-state index in [4.69, 9.17) is 12.2 Å². The van der Waals surface area contributed by atoms with Gasteiger partial charge >= 0.3 is 0 Å². The molecule has 1 radical (unpaired) electrons. The summed E-state index contributed by atoms with van der Waals surface area (Å²) in [5.41, 5.74) is 0. The monoisotopic (exact) mass is 194 g/mol. The molecule has 0 aliphatic rings. The lowest BCUT2D eigenvalue weighted by molar-refractivity contribution is 0.554. The van der Waals surface area contributed by atoms with Gasteiger partial charge in [-0.3, -0.25) is 4.79 Å². The first-order chi connectivity index (χ1) is 6.33. The van der Waals surface area contributed by atoms with Crippen LogP contribution in [-0.2, 0) is 11.2 Å². The van der Waals surface area contributed by atoms with Gasteiger partial charge in [-0.25, -0.2) is 9.97 Å². The van der Waals surface area contributed by atoms with Crippen molar-refractivity contribution in [1.29, 1.82) is 0 Å². The van der Waals surface area contributed by atoms with E-state index in [1.807, 2.05) is 0 Å². The van der Waals surface area contributed by atoms with Crippen molar-refractivity contribution in [3.05, 3.63) is 24.3 Å². The number of hydrogen-bond donors (Lipinski definition) is 1. The van der Waals surface area contributed by atoms with Crippen LogP contribution in [0.25, 0.3) is 0 Å². The second-order valence-electron chi connectivity index (χ2n) is 2.26. The summed E-state index contributed by atoms with van der Waals surface area (Å²) in [6, 6.07) is 1.74. The summed E-state index contributed by atoms with van der Waals surface area (Å²) in [7, 11) is 0. The van der Waals surface area contributed by atoms with Crippen LogP contribution in [0.15, 0.2) is 18.5 Å². The summed E-state index contributed by atoms with van der Waals surface area (Å²) < 4.78 is 0. The van der Waals surface area contributed by atoms with E-state index < -0.39 is 0 Å². The van der Waals surface area contributed by atoms with E-state index in [9.17, 15) is 4.79 Å². The van der Waals surface area contributed by atoms with Gasteiger partial charge in [0.1, 0.15) is 5.82 Å². The number of carbonyl (C=O) groups excluding carboxylic acids is 1. The lowest BCUT2D eigenvalue weighted by Gasteiger charge is -2.01. The molecule has 1 rings (SSSR count). The zero-order valence-electron chi connectivity index (χ0n) is 6.86. The smallest absolute Gasteiger partial charge is 0.219 e. The molecule has 0 bridgehead atoms. The van der Waals surface area contributed by atoms with Crippen LogP contribution in [0.2, 0.25) is 0 Å². The topological polar surface area (TPSA) is 54.9 Å². The van der Waals surface area contributed by atoms with Gasteiger partial charge in [-0.2, -0.15) is 0 Å². The number of nitrogens with zero attached hydrogens (tertiary/aromatic N) is 2. The predicted molar refractivity (Wildman–Crippen MR) is 52.0 cm³/mol. The summed E-state index contributed by atoms with van der Waals surface area (Å²) in [6.07, 6.45) is 5.45. The van der Waals surface area contributed by atoms with Gasteiger partial charge in [0, 0.05) is 12.4 Å². The fourth-order valence-electron chi connectivity index (χ4n) is 0.762. The van der Waals surface area contributed by atoms with Crippen LogP contribution >= 0.6 is 12.2 Å². The molecule has 13 heavy (non-hydrogen) atoms. The molecule has 0 atom stereocenters. The largest absolute Gasteiger partial charge is 0.372 e. The highest BCUT2D eigenvalue weighted by atomic mass is 32.1. The Hall–Kier alpha value is -1.36. The third-order valence-corrected chi connectivity index (χ3v) is 1.58. The third kappa shape index (κ3) is 3.71. The summed E-state index contributed by atoms with van der Waals surface area (Å²) in [4.78, 5) is 18.4. The summed E-state index contributed by atoms with van der Waals surface area (Å²) in [5.74, 6) is 0.644. The van der Waals surface area contributed by atoms with Crippen molar-refractivity contribution in [2.75, 3.05) is 6.54 Å². The van der Waals surface area contributed by atoms with Crippen molar-refractivity contribution in [2.45, 2.75) is 6.42 Å². The Balaban J connectivity index is 2.41. The van der Waals surface area contributed by atoms with Crippen LogP contribution in [0.3, 0.4) is 0 Å². The van der Waals surface area contributed by atoms with Crippen molar-refractivity contribution in [3.63, 3.8) is 0 Å². The van der Waals surface area contributed by atoms with Gasteiger partial charge in [-0.15, -0.1) is 0 Å². The maximum atomic E-state index is 9.88. The Labute approximate surface area is 81.4 Å². The number of rotatable bonds is 4. The van der Waals surface area contributed by atoms with Crippen LogP contribution in [0.5, 0.6) is 0 Å². The molecule has 0 spiro atoms. The third-order valence-electron chi connectivity index (χ3n) is 1.30. The van der Waals surface area contributed by atoms with Gasteiger partial charge < -0.3 is 5.32 Å². The van der Waals surface area contributed by atoms with Crippen LogP contribution in [0.4, 0.5) is 0 Å². The molecule has 0 amide bonds. The molecule has 1 aromatic heterocycles. The highest BCUT2D eigenvalue weighted by Crippen LogP contribution is 1.90. The molecule has 0 unspecified atom stereocenters. The minimum absolute atomic E-state index is 0.117. The molecule has 0 fully saturated rings. The van der Waals surface area contributed by atoms with Crippen molar-refractivity contribution in [1.82, 2.24) is 15.3 Å². The summed E-state index contributed by atoms with van der Waals surface area (Å²) >= 11 is 4.93. The van der Waals surface area contributed by atoms with Crippen molar-refractivity contribution < 1.29 is 4.79 Å². The molecule has 1 N–H and O–H groups in total. The zero-order chi connectivity index (χ0) is 9.52. The molecule has 0 saturated carbocycles. The Morgan fingerprint density at radius 1 is 1.54 bits per heavy atom. The van der Waals surface area contributed by atoms with Gasteiger partial charge in [0.15, 0.2) is 0 Å². The first kappa shape index (κ1) is 9.73. The molecular weight excluding hydrogens is 186 g/mol. The van der Waals surface area contributed by atoms with E-state index >= 15 is 0 Å². The maximum absolute atomic E-state index is 9.88. The van der Waals surface area contributed by atoms with E-state index in [-0.39, 0.29) is 6.54 Å². The normalized spacial score (nSPS) is 9.23. The number of hydrogen-bond acceptors (Lipinski definition) is 4. The van der Waals surface area contributed by atoms with E-state index in [1.54, 1.807) is 24.7 Å². The SMILES string of the molecule is O=[C]CNC(=S)Cc1ncccn1. The second-order valence-corrected chi connectivity index (χ2v) is 2.76. The first-order valence-corrected chi connectivity index (χ1v) is 4.11. The summed E-state index contributed by atoms with van der Waals surface area (Å²) in [5, 5.41) is 2.71. The van der Waals surface area contributed by atoms with Crippen LogP contribution < -0.4 is 5.32 Å². The average molecular weight is 194 g/mol. The van der Waals surface area contributed by atoms with Gasteiger partial charge in [-0.1, -0.05) is 12.2 Å². The zero-order valence-corrected chi connectivity index (χ0v) is 7.67. The van der Waals surface area contributed by atoms with Gasteiger partial charge in [0.05, 0.1) is 18.0 Å². The molecular formula is C8H8N3OS. The molecule has 0 aliphatic heterocycles. The Morgan fingerprint density at radius 2 is 2.23 bits per heavy atom. The first-order valence-electron chi connectivity index (χ1n) is 3.70. The highest BCUT2D eigenvalue weighted by molar-refractivity contribution is 7.80. The number of nitrogens with one attached hydrogen (secondary N) is 1.